The molecule has 2 aliphatic carbocycles. The smallest absolute Gasteiger partial charge is 0.481 e. The molecule has 2 aromatic carbocycles. The molecule has 4 rings (SSSR count). The first-order valence-corrected chi connectivity index (χ1v) is 9.67. The number of benzene rings is 2. The number of aliphatic carboxylic acids is 1. The van der Waals surface area contributed by atoms with Crippen LogP contribution in [0.15, 0.2) is 60.7 Å². The summed E-state index contributed by atoms with van der Waals surface area (Å²) in [6.07, 6.45) is 15.4. The van der Waals surface area contributed by atoms with Crippen molar-refractivity contribution in [3.63, 3.8) is 0 Å². The maximum absolute atomic E-state index is 11.5. The van der Waals surface area contributed by atoms with Crippen molar-refractivity contribution in [3.8, 4) is 0 Å². The van der Waals surface area contributed by atoms with Gasteiger partial charge in [0.1, 0.15) is 0 Å². The summed E-state index contributed by atoms with van der Waals surface area (Å²) >= 11 is 0. The monoisotopic (exact) mass is 414 g/mol. The summed E-state index contributed by atoms with van der Waals surface area (Å²) < 4.78 is 0. The molecule has 2 saturated carbocycles. The van der Waals surface area contributed by atoms with Gasteiger partial charge in [-0.3, -0.25) is 4.79 Å². The molecule has 0 amide bonds. The molecule has 0 spiro atoms. The quantitative estimate of drug-likeness (QED) is 0.608. The fraction of sp³-hybridized carbons (Fsp3) is 0. The van der Waals surface area contributed by atoms with E-state index in [0.717, 1.165) is 16.3 Å². The number of hydrogen-bond acceptors (Lipinski definition) is 1. The maximum Gasteiger partial charge on any atom is 2.00 e. The van der Waals surface area contributed by atoms with Crippen LogP contribution in [-0.4, -0.2) is 11.1 Å². The SMILES string of the molecule is O=C(O)[C]1[CH][CH][CH][C]1P(c1ccccc1)c1ccccc1.[CH]1[CH][CH][CH][CH]1.[Fe+2]. The van der Waals surface area contributed by atoms with E-state index in [2.05, 4.69) is 24.3 Å². The molecule has 2 nitrogen and oxygen atoms in total. The Labute approximate surface area is 175 Å². The minimum Gasteiger partial charge on any atom is -0.481 e. The van der Waals surface area contributed by atoms with E-state index in [9.17, 15) is 9.90 Å². The number of carboxylic acids is 1. The second-order valence-corrected chi connectivity index (χ2v) is 7.78. The third kappa shape index (κ3) is 6.18. The van der Waals surface area contributed by atoms with Crippen LogP contribution in [-0.2, 0) is 21.9 Å². The van der Waals surface area contributed by atoms with Gasteiger partial charge in [0, 0.05) is 5.66 Å². The molecule has 4 heteroatoms. The Bertz CT molecular complexity index is 626. The zero-order chi connectivity index (χ0) is 18.2. The molecule has 0 heterocycles. The molecule has 0 saturated heterocycles. The topological polar surface area (TPSA) is 37.3 Å². The van der Waals surface area contributed by atoms with Gasteiger partial charge in [0.25, 0.3) is 0 Å². The normalized spacial score (nSPS) is 17.2. The van der Waals surface area contributed by atoms with E-state index in [1.165, 1.54) is 0 Å². The van der Waals surface area contributed by atoms with Crippen molar-refractivity contribution in [2.45, 2.75) is 0 Å². The van der Waals surface area contributed by atoms with E-state index < -0.39 is 13.9 Å². The average Bonchev–Trinajstić information content (AvgIpc) is 3.39. The fourth-order valence-electron chi connectivity index (χ4n) is 2.69. The third-order valence-electron chi connectivity index (χ3n) is 3.85. The van der Waals surface area contributed by atoms with Crippen molar-refractivity contribution in [1.29, 1.82) is 0 Å². The molecule has 0 bridgehead atoms. The van der Waals surface area contributed by atoms with Crippen LogP contribution in [0.5, 0.6) is 0 Å². The van der Waals surface area contributed by atoms with Crippen LogP contribution in [0.4, 0.5) is 0 Å². The van der Waals surface area contributed by atoms with Crippen molar-refractivity contribution in [2.75, 3.05) is 0 Å². The van der Waals surface area contributed by atoms with Gasteiger partial charge in [-0.25, -0.2) is 0 Å². The molecular formula is C23H19FeO2P+2. The van der Waals surface area contributed by atoms with Crippen molar-refractivity contribution in [1.82, 2.24) is 0 Å². The van der Waals surface area contributed by atoms with Gasteiger partial charge in [-0.2, -0.15) is 0 Å². The van der Waals surface area contributed by atoms with Crippen LogP contribution in [0.3, 0.4) is 0 Å². The van der Waals surface area contributed by atoms with E-state index in [1.807, 2.05) is 81.3 Å². The van der Waals surface area contributed by atoms with Crippen molar-refractivity contribution in [2.24, 2.45) is 0 Å². The van der Waals surface area contributed by atoms with Crippen molar-refractivity contribution in [3.05, 3.63) is 124 Å². The minimum atomic E-state index is -0.866. The van der Waals surface area contributed by atoms with Gasteiger partial charge in [0.2, 0.25) is 0 Å². The second kappa shape index (κ2) is 11.6. The van der Waals surface area contributed by atoms with Gasteiger partial charge in [-0.05, 0) is 69.9 Å². The first kappa shape index (κ1) is 22.2. The van der Waals surface area contributed by atoms with E-state index in [-0.39, 0.29) is 17.1 Å². The van der Waals surface area contributed by atoms with Gasteiger partial charge in [0.15, 0.2) is 0 Å². The fourth-order valence-corrected chi connectivity index (χ4v) is 5.13. The predicted molar refractivity (Wildman–Crippen MR) is 108 cm³/mol. The second-order valence-electron chi connectivity index (χ2n) is 5.60. The van der Waals surface area contributed by atoms with Gasteiger partial charge >= 0.3 is 23.0 Å². The number of carbonyl (C=O) groups is 1. The summed E-state index contributed by atoms with van der Waals surface area (Å²) in [4.78, 5) is 11.5. The number of hydrogen-bond donors (Lipinski definition) is 1. The van der Waals surface area contributed by atoms with E-state index in [1.54, 1.807) is 6.42 Å². The molecule has 2 fully saturated rings. The summed E-state index contributed by atoms with van der Waals surface area (Å²) in [6, 6.07) is 20.2. The molecule has 27 heavy (non-hydrogen) atoms. The molecule has 10 radical (unpaired) electrons. The third-order valence-corrected chi connectivity index (χ3v) is 6.35. The predicted octanol–water partition coefficient (Wildman–Crippen LogP) is 3.96. The van der Waals surface area contributed by atoms with Crippen LogP contribution in [0.1, 0.15) is 0 Å². The van der Waals surface area contributed by atoms with Gasteiger partial charge < -0.3 is 5.11 Å². The summed E-state index contributed by atoms with van der Waals surface area (Å²) in [7, 11) is -0.843. The minimum absolute atomic E-state index is 0. The summed E-state index contributed by atoms with van der Waals surface area (Å²) in [5.41, 5.74) is 0.898. The first-order chi connectivity index (χ1) is 12.8. The summed E-state index contributed by atoms with van der Waals surface area (Å²) in [5, 5.41) is 11.7. The molecule has 0 atom stereocenters. The first-order valence-electron chi connectivity index (χ1n) is 8.33. The average molecular weight is 414 g/mol. The summed E-state index contributed by atoms with van der Waals surface area (Å²) in [6.45, 7) is 0. The molecule has 0 unspecified atom stereocenters. The van der Waals surface area contributed by atoms with E-state index in [4.69, 9.17) is 0 Å². The molecule has 2 aromatic rings. The van der Waals surface area contributed by atoms with Crippen LogP contribution >= 0.6 is 7.92 Å². The van der Waals surface area contributed by atoms with Gasteiger partial charge in [0.05, 0.1) is 5.92 Å². The van der Waals surface area contributed by atoms with Crippen LogP contribution in [0, 0.1) is 62.9 Å². The molecule has 134 valence electrons. The Morgan fingerprint density at radius 1 is 0.667 bits per heavy atom. The van der Waals surface area contributed by atoms with E-state index >= 15 is 0 Å². The number of rotatable bonds is 4. The largest absolute Gasteiger partial charge is 2.00 e. The molecular weight excluding hydrogens is 395 g/mol. The van der Waals surface area contributed by atoms with Gasteiger partial charge in [-0.1, -0.05) is 60.7 Å². The van der Waals surface area contributed by atoms with Gasteiger partial charge in [-0.15, -0.1) is 0 Å². The van der Waals surface area contributed by atoms with Crippen LogP contribution in [0.25, 0.3) is 0 Å². The maximum atomic E-state index is 11.5. The van der Waals surface area contributed by atoms with Crippen molar-refractivity contribution >= 4 is 24.5 Å². The molecule has 0 aliphatic heterocycles. The molecule has 2 aliphatic rings. The van der Waals surface area contributed by atoms with E-state index in [0.29, 0.717) is 5.92 Å². The molecule has 0 aromatic heterocycles. The Morgan fingerprint density at radius 2 is 1.11 bits per heavy atom. The molecule has 1 N–H and O–H groups in total. The zero-order valence-corrected chi connectivity index (χ0v) is 16.5. The number of carboxylic acid groups (broad SMARTS) is 1. The standard InChI is InChI=1S/C18H14O2P.C5H5.Fe/c19-18(20)16-12-7-13-17(16)21(14-8-3-1-4-9-14)15-10-5-2-6-11-15;1-2-4-5-3-1;/h1-13H,(H,19,20);1-5H;/q;;+2. The van der Waals surface area contributed by atoms with Crippen LogP contribution < -0.4 is 10.6 Å². The van der Waals surface area contributed by atoms with Crippen LogP contribution in [0.2, 0.25) is 0 Å². The Kier molecular flexibility index (Phi) is 9.55. The Balaban J connectivity index is 0.000000379. The zero-order valence-electron chi connectivity index (χ0n) is 14.5. The Morgan fingerprint density at radius 3 is 1.52 bits per heavy atom. The van der Waals surface area contributed by atoms with Crippen molar-refractivity contribution < 1.29 is 27.0 Å². The summed E-state index contributed by atoms with van der Waals surface area (Å²) in [5.74, 6) is -0.469. The Hall–Kier alpha value is -1.14.